The maximum atomic E-state index is 14.5. The summed E-state index contributed by atoms with van der Waals surface area (Å²) in [6.07, 6.45) is -0.0786. The smallest absolute Gasteiger partial charge is 0.413 e. The summed E-state index contributed by atoms with van der Waals surface area (Å²) in [5, 5.41) is 25.0. The van der Waals surface area contributed by atoms with Crippen LogP contribution in [-0.4, -0.2) is 99.1 Å². The molecule has 6 aromatic rings. The summed E-state index contributed by atoms with van der Waals surface area (Å²) in [6.45, 7) is 6.15. The molecule has 0 spiro atoms. The fourth-order valence-corrected chi connectivity index (χ4v) is 9.51. The van der Waals surface area contributed by atoms with Crippen molar-refractivity contribution in [2.75, 3.05) is 18.4 Å². The fraction of sp³-hybridized carbons (Fsp3) is 0.296. The van der Waals surface area contributed by atoms with Gasteiger partial charge in [0, 0.05) is 31.3 Å². The summed E-state index contributed by atoms with van der Waals surface area (Å²) in [7, 11) is -5.28. The van der Waals surface area contributed by atoms with E-state index in [4.69, 9.17) is 23.8 Å². The minimum absolute atomic E-state index is 0.0418. The number of amides is 4. The average molecular weight is 1110 g/mol. The lowest BCUT2D eigenvalue weighted by molar-refractivity contribution is -0.608. The quantitative estimate of drug-likeness (QED) is 0.0102. The molecule has 4 aromatic carbocycles. The van der Waals surface area contributed by atoms with E-state index in [-0.39, 0.29) is 59.2 Å². The van der Waals surface area contributed by atoms with Crippen molar-refractivity contribution < 1.29 is 65.5 Å². The molecule has 2 aromatic heterocycles. The molecule has 24 heteroatoms. The lowest BCUT2D eigenvalue weighted by atomic mass is 9.98. The van der Waals surface area contributed by atoms with Crippen LogP contribution in [0.3, 0.4) is 0 Å². The van der Waals surface area contributed by atoms with Crippen LogP contribution in [0.1, 0.15) is 91.5 Å². The van der Waals surface area contributed by atoms with Crippen molar-refractivity contribution in [3.8, 4) is 11.5 Å². The molecule has 2 fully saturated rings. The highest BCUT2D eigenvalue weighted by Gasteiger charge is 2.57. The maximum Gasteiger partial charge on any atom is 0.413 e. The number of oxime groups is 1. The Bertz CT molecular complexity index is 3210. The predicted molar refractivity (Wildman–Crippen MR) is 283 cm³/mol. The Morgan fingerprint density at radius 3 is 2.00 bits per heavy atom. The molecule has 4 N–H and O–H groups in total. The number of ether oxygens (including phenoxy) is 4. The zero-order chi connectivity index (χ0) is 55.6. The third kappa shape index (κ3) is 13.9. The molecule has 0 bridgehead atoms. The van der Waals surface area contributed by atoms with Crippen LogP contribution in [-0.2, 0) is 52.2 Å². The van der Waals surface area contributed by atoms with Gasteiger partial charge in [0.25, 0.3) is 17.5 Å². The molecule has 1 saturated heterocycles. The Balaban J connectivity index is 1.04. The minimum Gasteiger partial charge on any atom is -0.618 e. The molecular weight excluding hydrogens is 1050 g/mol. The number of β-lactam (4-membered cyclic amide) rings is 1. The predicted octanol–water partition coefficient (Wildman–Crippen LogP) is 6.42. The number of hydrogen-bond donors (Lipinski definition) is 4. The third-order valence-corrected chi connectivity index (χ3v) is 13.7. The number of rotatable bonds is 23. The standard InChI is InChI=1S/C54H56N8O14S2/c1-5-28-60(48(64)40-29-42(72-32-35-18-10-6-11-19-35)43(31-61(40)68)73-33-36-20-12-7-13-21-36)55-30-41-45(49(65)62(41)78(69,70)71)57-47(63)44(39-34-77-51(56-39)58-52(67)75-53(2,3)4)59-76-54(26-27-54)50(66)74-46(37-22-14-8-15-23-37)38-24-16-9-17-25-38/h6-25,29,31,34,41,45-46,55H,5,26-28,30,32-33H2,1-4H3,(H,57,63)(H,56,58,67)(H,69,70,71)/b59-44-/t41-,45?/m0/s1. The molecule has 2 aliphatic rings. The van der Waals surface area contributed by atoms with Gasteiger partial charge in [0.2, 0.25) is 17.5 Å². The van der Waals surface area contributed by atoms with Gasteiger partial charge < -0.3 is 34.3 Å². The number of carbonyl (C=O) groups is 5. The zero-order valence-corrected chi connectivity index (χ0v) is 44.4. The number of esters is 1. The molecule has 1 aliphatic carbocycles. The number of thiazole rings is 1. The van der Waals surface area contributed by atoms with Crippen LogP contribution in [0.25, 0.3) is 0 Å². The SMILES string of the molecule is CCCN(NC[C@H]1C(NC(=O)/C(=N\OC2(C(=O)OC(c3ccccc3)c3ccccc3)CC2)c2csc(NC(=O)OC(C)(C)C)n2)C(=O)N1S(=O)(=O)O)C(=O)c1cc(OCc2ccccc2)c(OCc2ccccc2)c[n+]1[O-]. The van der Waals surface area contributed by atoms with Crippen molar-refractivity contribution in [2.24, 2.45) is 5.16 Å². The summed E-state index contributed by atoms with van der Waals surface area (Å²) in [6, 6.07) is 34.2. The molecule has 3 heterocycles. The number of anilines is 1. The second kappa shape index (κ2) is 24.3. The van der Waals surface area contributed by atoms with Gasteiger partial charge in [0.1, 0.15) is 30.6 Å². The van der Waals surface area contributed by atoms with E-state index in [1.165, 1.54) is 11.4 Å². The van der Waals surface area contributed by atoms with E-state index < -0.39 is 87.4 Å². The molecule has 408 valence electrons. The number of nitrogens with one attached hydrogen (secondary N) is 3. The van der Waals surface area contributed by atoms with Crippen molar-refractivity contribution in [2.45, 2.75) is 89.6 Å². The molecule has 0 radical (unpaired) electrons. The highest BCUT2D eigenvalue weighted by Crippen LogP contribution is 2.43. The normalized spacial score (nSPS) is 15.8. The Hall–Kier alpha value is -8.45. The van der Waals surface area contributed by atoms with E-state index in [1.54, 1.807) is 76.2 Å². The van der Waals surface area contributed by atoms with Crippen LogP contribution in [0.5, 0.6) is 11.5 Å². The van der Waals surface area contributed by atoms with Crippen molar-refractivity contribution >= 4 is 62.3 Å². The van der Waals surface area contributed by atoms with Crippen LogP contribution in [0.15, 0.2) is 144 Å². The molecule has 4 amide bonds. The first-order valence-electron chi connectivity index (χ1n) is 24.6. The van der Waals surface area contributed by atoms with E-state index in [1.807, 2.05) is 72.8 Å². The second-order valence-electron chi connectivity index (χ2n) is 19.0. The van der Waals surface area contributed by atoms with E-state index >= 15 is 0 Å². The molecule has 1 aliphatic heterocycles. The molecule has 8 rings (SSSR count). The number of hydrogen-bond acceptors (Lipinski definition) is 17. The van der Waals surface area contributed by atoms with Crippen LogP contribution in [0.2, 0.25) is 0 Å². The van der Waals surface area contributed by atoms with E-state index in [0.29, 0.717) is 22.3 Å². The van der Waals surface area contributed by atoms with Crippen molar-refractivity contribution in [3.05, 3.63) is 178 Å². The maximum absolute atomic E-state index is 14.5. The van der Waals surface area contributed by atoms with Gasteiger partial charge in [-0.3, -0.25) is 29.3 Å². The summed E-state index contributed by atoms with van der Waals surface area (Å²) >= 11 is 0.869. The highest BCUT2D eigenvalue weighted by molar-refractivity contribution is 7.84. The zero-order valence-electron chi connectivity index (χ0n) is 42.8. The first-order chi connectivity index (χ1) is 37.3. The first-order valence-corrected chi connectivity index (χ1v) is 26.9. The number of nitrogens with zero attached hydrogens (tertiary/aromatic N) is 5. The monoisotopic (exact) mass is 1100 g/mol. The molecule has 1 saturated carbocycles. The number of pyridine rings is 1. The number of aromatic nitrogens is 2. The summed E-state index contributed by atoms with van der Waals surface area (Å²) in [5.74, 6) is -4.02. The topological polar surface area (TPSA) is 281 Å². The number of benzene rings is 4. The lowest BCUT2D eigenvalue weighted by Crippen LogP contribution is -2.75. The van der Waals surface area contributed by atoms with Crippen LogP contribution >= 0.6 is 11.3 Å². The first kappa shape index (κ1) is 55.8. The Kier molecular flexibility index (Phi) is 17.3. The van der Waals surface area contributed by atoms with Crippen molar-refractivity contribution in [1.82, 2.24) is 25.0 Å². The third-order valence-electron chi connectivity index (χ3n) is 12.0. The van der Waals surface area contributed by atoms with Crippen LogP contribution in [0.4, 0.5) is 9.93 Å². The summed E-state index contributed by atoms with van der Waals surface area (Å²) < 4.78 is 59.6. The van der Waals surface area contributed by atoms with Gasteiger partial charge >= 0.3 is 28.3 Å². The second-order valence-corrected chi connectivity index (χ2v) is 21.2. The van der Waals surface area contributed by atoms with Gasteiger partial charge in [-0.05, 0) is 49.4 Å². The fourth-order valence-electron chi connectivity index (χ4n) is 7.95. The molecule has 78 heavy (non-hydrogen) atoms. The Morgan fingerprint density at radius 2 is 1.46 bits per heavy atom. The van der Waals surface area contributed by atoms with E-state index in [0.717, 1.165) is 33.7 Å². The van der Waals surface area contributed by atoms with E-state index in [2.05, 4.69) is 26.2 Å². The largest absolute Gasteiger partial charge is 0.618 e. The van der Waals surface area contributed by atoms with Gasteiger partial charge in [-0.25, -0.2) is 24.3 Å². The average Bonchev–Trinajstić information content (AvgIpc) is 4.22. The lowest BCUT2D eigenvalue weighted by Gasteiger charge is -2.44. The summed E-state index contributed by atoms with van der Waals surface area (Å²) in [5.41, 5.74) is 1.93. The molecule has 2 atom stereocenters. The van der Waals surface area contributed by atoms with Crippen LogP contribution in [0, 0.1) is 5.21 Å². The highest BCUT2D eigenvalue weighted by atomic mass is 32.2. The Morgan fingerprint density at radius 1 is 0.897 bits per heavy atom. The minimum atomic E-state index is -5.28. The molecule has 22 nitrogen and oxygen atoms in total. The van der Waals surface area contributed by atoms with Gasteiger partial charge in [0.05, 0.1) is 12.1 Å². The van der Waals surface area contributed by atoms with Gasteiger partial charge in [-0.15, -0.1) is 11.3 Å². The number of carbonyl (C=O) groups excluding carboxylic acids is 5. The van der Waals surface area contributed by atoms with Crippen LogP contribution < -0.4 is 30.3 Å². The van der Waals surface area contributed by atoms with Crippen molar-refractivity contribution in [3.63, 3.8) is 0 Å². The van der Waals surface area contributed by atoms with Gasteiger partial charge in [-0.1, -0.05) is 133 Å². The van der Waals surface area contributed by atoms with Gasteiger partial charge in [0.15, 0.2) is 22.7 Å². The van der Waals surface area contributed by atoms with E-state index in [9.17, 15) is 42.2 Å². The van der Waals surface area contributed by atoms with Gasteiger partial charge in [-0.2, -0.15) is 13.1 Å². The molecule has 1 unspecified atom stereocenters. The molecular formula is C54H56N8O14S2. The summed E-state index contributed by atoms with van der Waals surface area (Å²) in [4.78, 5) is 79.3. The van der Waals surface area contributed by atoms with Crippen molar-refractivity contribution in [1.29, 1.82) is 0 Å². The number of hydrazine groups is 1. The Labute approximate surface area is 453 Å².